The van der Waals surface area contributed by atoms with Crippen molar-refractivity contribution in [2.75, 3.05) is 19.6 Å². The van der Waals surface area contributed by atoms with Crippen LogP contribution in [0.3, 0.4) is 0 Å². The van der Waals surface area contributed by atoms with Gasteiger partial charge in [-0.3, -0.25) is 9.69 Å². The summed E-state index contributed by atoms with van der Waals surface area (Å²) in [5.41, 5.74) is -0.390. The van der Waals surface area contributed by atoms with Crippen LogP contribution in [0.15, 0.2) is 33.0 Å². The first kappa shape index (κ1) is 16.7. The number of likely N-dealkylation sites (tertiary alicyclic amines) is 1. The van der Waals surface area contributed by atoms with E-state index in [4.69, 9.17) is 10.8 Å². The smallest absolute Gasteiger partial charge is 0.220 e. The highest BCUT2D eigenvalue weighted by atomic mass is 16.3. The maximum absolute atomic E-state index is 12.2. The number of hydrogen-bond acceptors (Lipinski definition) is 5. The second-order valence-electron chi connectivity index (χ2n) is 6.46. The Hall–Kier alpha value is -2.13. The minimum absolute atomic E-state index is 0.0307. The van der Waals surface area contributed by atoms with Gasteiger partial charge in [-0.05, 0) is 38.1 Å². The second-order valence-corrected chi connectivity index (χ2v) is 6.46. The fourth-order valence-electron chi connectivity index (χ4n) is 3.22. The van der Waals surface area contributed by atoms with Gasteiger partial charge in [0.05, 0.1) is 12.3 Å². The first-order chi connectivity index (χ1) is 11.7. The van der Waals surface area contributed by atoms with Gasteiger partial charge in [0.15, 0.2) is 5.66 Å². The highest BCUT2D eigenvalue weighted by molar-refractivity contribution is 5.76. The molecule has 0 saturated carbocycles. The largest absolute Gasteiger partial charge is 0.468 e. The van der Waals surface area contributed by atoms with Crippen molar-refractivity contribution >= 4 is 5.91 Å². The van der Waals surface area contributed by atoms with E-state index in [0.717, 1.165) is 25.3 Å². The van der Waals surface area contributed by atoms with Gasteiger partial charge in [0.1, 0.15) is 5.76 Å². The Bertz CT molecular complexity index is 605. The molecule has 2 aliphatic heterocycles. The van der Waals surface area contributed by atoms with Gasteiger partial charge < -0.3 is 9.73 Å². The Morgan fingerprint density at radius 2 is 2.21 bits per heavy atom. The molecule has 0 radical (unpaired) electrons. The predicted molar refractivity (Wildman–Crippen MR) is 90.2 cm³/mol. The lowest BCUT2D eigenvalue weighted by atomic mass is 10.0. The Kier molecular flexibility index (Phi) is 5.31. The second kappa shape index (κ2) is 7.63. The summed E-state index contributed by atoms with van der Waals surface area (Å²) in [6.07, 6.45) is 11.8. The SMILES string of the molecule is C#CCCC1(CCC(=O)NCC(c2ccco2)N2CCCC2)N=N1. The highest BCUT2D eigenvalue weighted by Gasteiger charge is 2.39. The summed E-state index contributed by atoms with van der Waals surface area (Å²) in [6, 6.07) is 3.98. The maximum Gasteiger partial charge on any atom is 0.220 e. The zero-order valence-corrected chi connectivity index (χ0v) is 13.9. The Balaban J connectivity index is 1.46. The Morgan fingerprint density at radius 1 is 1.42 bits per heavy atom. The van der Waals surface area contributed by atoms with Crippen LogP contribution in [0.2, 0.25) is 0 Å². The molecular formula is C18H24N4O2. The lowest BCUT2D eigenvalue weighted by Crippen LogP contribution is -2.36. The first-order valence-corrected chi connectivity index (χ1v) is 8.64. The van der Waals surface area contributed by atoms with Gasteiger partial charge in [-0.25, -0.2) is 0 Å². The van der Waals surface area contributed by atoms with E-state index in [9.17, 15) is 4.79 Å². The van der Waals surface area contributed by atoms with Crippen LogP contribution in [0.4, 0.5) is 0 Å². The van der Waals surface area contributed by atoms with Crippen molar-refractivity contribution in [2.45, 2.75) is 50.2 Å². The summed E-state index contributed by atoms with van der Waals surface area (Å²) < 4.78 is 5.57. The third-order valence-corrected chi connectivity index (χ3v) is 4.75. The van der Waals surface area contributed by atoms with E-state index in [2.05, 4.69) is 26.4 Å². The number of nitrogens with zero attached hydrogens (tertiary/aromatic N) is 3. The number of nitrogens with one attached hydrogen (secondary N) is 1. The number of carbonyl (C=O) groups excluding carboxylic acids is 1. The molecule has 1 atom stereocenters. The standard InChI is InChI=1S/C18H24N4O2/c1-2-3-9-18(20-21-18)10-8-17(23)19-14-15(16-7-6-13-24-16)22-11-4-5-12-22/h1,6-7,13,15H,3-5,8-12,14H2,(H,19,23). The van der Waals surface area contributed by atoms with Crippen molar-refractivity contribution in [3.8, 4) is 12.3 Å². The normalized spacial score (nSPS) is 19.8. The molecule has 0 spiro atoms. The molecule has 6 nitrogen and oxygen atoms in total. The molecule has 1 fully saturated rings. The van der Waals surface area contributed by atoms with Gasteiger partial charge in [-0.15, -0.1) is 12.3 Å². The zero-order chi connectivity index (χ0) is 16.8. The minimum Gasteiger partial charge on any atom is -0.468 e. The van der Waals surface area contributed by atoms with Gasteiger partial charge >= 0.3 is 0 Å². The molecule has 2 aliphatic rings. The summed E-state index contributed by atoms with van der Waals surface area (Å²) >= 11 is 0. The quantitative estimate of drug-likeness (QED) is 0.709. The Labute approximate surface area is 142 Å². The molecule has 1 unspecified atom stereocenters. The summed E-state index contributed by atoms with van der Waals surface area (Å²) in [5.74, 6) is 3.54. The molecule has 1 aromatic rings. The number of hydrogen-bond donors (Lipinski definition) is 1. The Morgan fingerprint density at radius 3 is 2.83 bits per heavy atom. The van der Waals surface area contributed by atoms with Gasteiger partial charge in [0.2, 0.25) is 5.91 Å². The predicted octanol–water partition coefficient (Wildman–Crippen LogP) is 2.89. The number of furan rings is 1. The molecule has 0 aliphatic carbocycles. The van der Waals surface area contributed by atoms with Crippen molar-refractivity contribution in [3.63, 3.8) is 0 Å². The fraction of sp³-hybridized carbons (Fsp3) is 0.611. The fourth-order valence-corrected chi connectivity index (χ4v) is 3.22. The topological polar surface area (TPSA) is 70.2 Å². The van der Waals surface area contributed by atoms with Crippen molar-refractivity contribution < 1.29 is 9.21 Å². The van der Waals surface area contributed by atoms with E-state index in [0.29, 0.717) is 25.8 Å². The van der Waals surface area contributed by atoms with Crippen molar-refractivity contribution in [3.05, 3.63) is 24.2 Å². The summed E-state index contributed by atoms with van der Waals surface area (Å²) in [7, 11) is 0. The van der Waals surface area contributed by atoms with Crippen LogP contribution in [-0.4, -0.2) is 36.1 Å². The molecule has 3 rings (SSSR count). The highest BCUT2D eigenvalue weighted by Crippen LogP contribution is 2.37. The van der Waals surface area contributed by atoms with E-state index < -0.39 is 0 Å². The van der Waals surface area contributed by atoms with E-state index in [-0.39, 0.29) is 17.6 Å². The molecule has 1 amide bonds. The minimum atomic E-state index is -0.390. The number of terminal acetylenes is 1. The first-order valence-electron chi connectivity index (χ1n) is 8.64. The van der Waals surface area contributed by atoms with Crippen LogP contribution in [0.1, 0.15) is 50.3 Å². The molecular weight excluding hydrogens is 304 g/mol. The summed E-state index contributed by atoms with van der Waals surface area (Å²) in [5, 5.41) is 11.2. The van der Waals surface area contributed by atoms with Crippen molar-refractivity contribution in [2.24, 2.45) is 10.2 Å². The molecule has 6 heteroatoms. The molecule has 1 aromatic heterocycles. The zero-order valence-electron chi connectivity index (χ0n) is 13.9. The molecule has 1 saturated heterocycles. The average Bonchev–Trinajstić information content (AvgIpc) is 3.01. The summed E-state index contributed by atoms with van der Waals surface area (Å²) in [4.78, 5) is 14.6. The monoisotopic (exact) mass is 328 g/mol. The van der Waals surface area contributed by atoms with Crippen LogP contribution in [0.25, 0.3) is 0 Å². The number of amides is 1. The van der Waals surface area contributed by atoms with E-state index in [1.165, 1.54) is 12.8 Å². The lowest BCUT2D eigenvalue weighted by Gasteiger charge is -2.26. The maximum atomic E-state index is 12.2. The average molecular weight is 328 g/mol. The molecule has 0 bridgehead atoms. The van der Waals surface area contributed by atoms with Crippen LogP contribution in [-0.2, 0) is 4.79 Å². The van der Waals surface area contributed by atoms with E-state index in [1.807, 2.05) is 12.1 Å². The third-order valence-electron chi connectivity index (χ3n) is 4.75. The van der Waals surface area contributed by atoms with Crippen LogP contribution < -0.4 is 5.32 Å². The lowest BCUT2D eigenvalue weighted by molar-refractivity contribution is -0.121. The van der Waals surface area contributed by atoms with E-state index in [1.54, 1.807) is 6.26 Å². The molecule has 24 heavy (non-hydrogen) atoms. The van der Waals surface area contributed by atoms with Crippen LogP contribution in [0.5, 0.6) is 0 Å². The molecule has 3 heterocycles. The van der Waals surface area contributed by atoms with Gasteiger partial charge in [0.25, 0.3) is 0 Å². The summed E-state index contributed by atoms with van der Waals surface area (Å²) in [6.45, 7) is 2.67. The van der Waals surface area contributed by atoms with Crippen LogP contribution >= 0.6 is 0 Å². The van der Waals surface area contributed by atoms with Gasteiger partial charge in [-0.1, -0.05) is 0 Å². The van der Waals surface area contributed by atoms with Crippen molar-refractivity contribution in [1.82, 2.24) is 10.2 Å². The third kappa shape index (κ3) is 4.24. The molecule has 128 valence electrons. The number of carbonyl (C=O) groups is 1. The van der Waals surface area contributed by atoms with Gasteiger partial charge in [-0.2, -0.15) is 10.2 Å². The number of rotatable bonds is 9. The molecule has 0 aromatic carbocycles. The van der Waals surface area contributed by atoms with Crippen molar-refractivity contribution in [1.29, 1.82) is 0 Å². The van der Waals surface area contributed by atoms with Crippen LogP contribution in [0, 0.1) is 12.3 Å². The molecule has 1 N–H and O–H groups in total. The van der Waals surface area contributed by atoms with Gasteiger partial charge in [0, 0.05) is 32.2 Å². The van der Waals surface area contributed by atoms with E-state index >= 15 is 0 Å².